The molecule has 0 unspecified atom stereocenters. The van der Waals surface area contributed by atoms with Crippen molar-refractivity contribution in [3.8, 4) is 0 Å². The highest BCUT2D eigenvalue weighted by Crippen LogP contribution is 1.66. The van der Waals surface area contributed by atoms with Crippen LogP contribution in [0.3, 0.4) is 0 Å². The second-order valence-corrected chi connectivity index (χ2v) is 4.50. The molecular formula is C12H32N6O. The lowest BCUT2D eigenvalue weighted by Crippen LogP contribution is -2.27. The molecule has 0 aromatic carbocycles. The summed E-state index contributed by atoms with van der Waals surface area (Å²) in [7, 11) is 0. The van der Waals surface area contributed by atoms with Crippen LogP contribution in [-0.4, -0.2) is 84.0 Å². The van der Waals surface area contributed by atoms with Crippen LogP contribution in [0.15, 0.2) is 0 Å². The van der Waals surface area contributed by atoms with Crippen molar-refractivity contribution in [2.24, 2.45) is 0 Å². The molecule has 0 spiro atoms. The van der Waals surface area contributed by atoms with Gasteiger partial charge in [0, 0.05) is 78.5 Å². The molecule has 2 rings (SSSR count). The Bertz CT molecular complexity index is 97.2. The fourth-order valence-corrected chi connectivity index (χ4v) is 1.81. The molecule has 7 heteroatoms. The second-order valence-electron chi connectivity index (χ2n) is 4.50. The molecule has 0 bridgehead atoms. The van der Waals surface area contributed by atoms with E-state index < -0.39 is 0 Å². The molecule has 0 radical (unpaired) electrons. The van der Waals surface area contributed by atoms with E-state index in [0.29, 0.717) is 0 Å². The second kappa shape index (κ2) is 15.8. The first-order valence-electron chi connectivity index (χ1n) is 7.24. The lowest BCUT2D eigenvalue weighted by atomic mass is 10.6. The third-order valence-corrected chi connectivity index (χ3v) is 2.87. The molecule has 2 aliphatic heterocycles. The van der Waals surface area contributed by atoms with E-state index in [-0.39, 0.29) is 5.48 Å². The largest absolute Gasteiger partial charge is 0.412 e. The zero-order valence-corrected chi connectivity index (χ0v) is 12.0. The minimum Gasteiger partial charge on any atom is -0.412 e. The van der Waals surface area contributed by atoms with Crippen LogP contribution in [0.1, 0.15) is 0 Å². The molecule has 0 amide bonds. The molecule has 116 valence electrons. The van der Waals surface area contributed by atoms with E-state index in [4.69, 9.17) is 0 Å². The van der Waals surface area contributed by atoms with Crippen molar-refractivity contribution in [1.82, 2.24) is 31.9 Å². The van der Waals surface area contributed by atoms with Gasteiger partial charge in [0.25, 0.3) is 0 Å². The topological polar surface area (TPSA) is 104 Å². The molecule has 7 nitrogen and oxygen atoms in total. The summed E-state index contributed by atoms with van der Waals surface area (Å²) in [6.45, 7) is 13.2. The first-order valence-corrected chi connectivity index (χ1v) is 7.24. The van der Waals surface area contributed by atoms with Crippen molar-refractivity contribution >= 4 is 0 Å². The molecule has 0 aromatic rings. The van der Waals surface area contributed by atoms with E-state index in [0.717, 1.165) is 78.5 Å². The first kappa shape index (κ1) is 18.7. The number of rotatable bonds is 0. The first-order chi connectivity index (χ1) is 9.00. The highest BCUT2D eigenvalue weighted by Gasteiger charge is 1.92. The molecule has 2 aliphatic rings. The summed E-state index contributed by atoms with van der Waals surface area (Å²) in [5.74, 6) is 0. The Kier molecular flexibility index (Phi) is 15.5. The van der Waals surface area contributed by atoms with Crippen LogP contribution in [0.5, 0.6) is 0 Å². The maximum atomic E-state index is 3.30. The van der Waals surface area contributed by atoms with Crippen LogP contribution in [0.4, 0.5) is 0 Å². The molecular weight excluding hydrogens is 244 g/mol. The van der Waals surface area contributed by atoms with Crippen LogP contribution < -0.4 is 31.9 Å². The van der Waals surface area contributed by atoms with E-state index in [1.54, 1.807) is 0 Å². The summed E-state index contributed by atoms with van der Waals surface area (Å²) in [6.07, 6.45) is 0. The molecule has 0 aromatic heterocycles. The standard InChI is InChI=1S/2C6H15N3.H2O/c2*1-2-8-5-6-9-4-3-7-1;/h2*7-9H,1-6H2;1H2. The van der Waals surface area contributed by atoms with Gasteiger partial charge in [0.15, 0.2) is 0 Å². The number of hydrogen-bond donors (Lipinski definition) is 6. The van der Waals surface area contributed by atoms with Gasteiger partial charge in [0.05, 0.1) is 0 Å². The molecule has 0 aliphatic carbocycles. The Labute approximate surface area is 117 Å². The summed E-state index contributed by atoms with van der Waals surface area (Å²) in [4.78, 5) is 0. The van der Waals surface area contributed by atoms with Gasteiger partial charge in [0.1, 0.15) is 0 Å². The van der Waals surface area contributed by atoms with Crippen molar-refractivity contribution in [2.45, 2.75) is 0 Å². The van der Waals surface area contributed by atoms with E-state index >= 15 is 0 Å². The summed E-state index contributed by atoms with van der Waals surface area (Å²) in [5.41, 5.74) is 0. The molecule has 0 saturated carbocycles. The predicted molar refractivity (Wildman–Crippen MR) is 80.8 cm³/mol. The average Bonchev–Trinajstić information content (AvgIpc) is 2.65. The monoisotopic (exact) mass is 276 g/mol. The molecule has 2 heterocycles. The van der Waals surface area contributed by atoms with Crippen molar-refractivity contribution in [1.29, 1.82) is 0 Å². The molecule has 19 heavy (non-hydrogen) atoms. The SMILES string of the molecule is C1CNCCNCCN1.C1CNCCNCCN1.O. The zero-order chi connectivity index (χ0) is 12.7. The summed E-state index contributed by atoms with van der Waals surface area (Å²) in [6, 6.07) is 0. The Morgan fingerprint density at radius 1 is 0.263 bits per heavy atom. The van der Waals surface area contributed by atoms with Gasteiger partial charge in [-0.05, 0) is 0 Å². The van der Waals surface area contributed by atoms with Crippen LogP contribution in [-0.2, 0) is 0 Å². The smallest absolute Gasteiger partial charge is 0.00772 e. The van der Waals surface area contributed by atoms with Crippen LogP contribution in [0, 0.1) is 0 Å². The van der Waals surface area contributed by atoms with Crippen LogP contribution >= 0.6 is 0 Å². The van der Waals surface area contributed by atoms with Crippen molar-refractivity contribution < 1.29 is 5.48 Å². The number of nitrogens with one attached hydrogen (secondary N) is 6. The Morgan fingerprint density at radius 3 is 0.474 bits per heavy atom. The maximum Gasteiger partial charge on any atom is 0.00772 e. The van der Waals surface area contributed by atoms with E-state index in [2.05, 4.69) is 31.9 Å². The lowest BCUT2D eigenvalue weighted by molar-refractivity contribution is 0.652. The fourth-order valence-electron chi connectivity index (χ4n) is 1.81. The average molecular weight is 276 g/mol. The quantitative estimate of drug-likeness (QED) is 0.277. The maximum absolute atomic E-state index is 3.30. The third kappa shape index (κ3) is 13.9. The van der Waals surface area contributed by atoms with E-state index in [1.807, 2.05) is 0 Å². The van der Waals surface area contributed by atoms with Crippen molar-refractivity contribution in [3.63, 3.8) is 0 Å². The minimum absolute atomic E-state index is 0. The fraction of sp³-hybridized carbons (Fsp3) is 1.00. The molecule has 2 saturated heterocycles. The molecule has 2 fully saturated rings. The normalized spacial score (nSPS) is 22.7. The molecule has 8 N–H and O–H groups in total. The van der Waals surface area contributed by atoms with Gasteiger partial charge in [-0.2, -0.15) is 0 Å². The number of hydrogen-bond acceptors (Lipinski definition) is 6. The lowest BCUT2D eigenvalue weighted by Gasteiger charge is -1.99. The molecule has 0 atom stereocenters. The van der Waals surface area contributed by atoms with Gasteiger partial charge in [-0.15, -0.1) is 0 Å². The van der Waals surface area contributed by atoms with Gasteiger partial charge in [-0.25, -0.2) is 0 Å². The Balaban J connectivity index is 0.000000324. The highest BCUT2D eigenvalue weighted by molar-refractivity contribution is 4.60. The predicted octanol–water partition coefficient (Wildman–Crippen LogP) is -3.29. The van der Waals surface area contributed by atoms with Gasteiger partial charge < -0.3 is 37.4 Å². The van der Waals surface area contributed by atoms with Gasteiger partial charge in [0.2, 0.25) is 0 Å². The van der Waals surface area contributed by atoms with Gasteiger partial charge >= 0.3 is 0 Å². The van der Waals surface area contributed by atoms with E-state index in [9.17, 15) is 0 Å². The highest BCUT2D eigenvalue weighted by atomic mass is 16.0. The minimum atomic E-state index is 0. The van der Waals surface area contributed by atoms with Gasteiger partial charge in [-0.1, -0.05) is 0 Å². The van der Waals surface area contributed by atoms with E-state index in [1.165, 1.54) is 0 Å². The van der Waals surface area contributed by atoms with Gasteiger partial charge in [-0.3, -0.25) is 0 Å². The zero-order valence-electron chi connectivity index (χ0n) is 12.0. The summed E-state index contributed by atoms with van der Waals surface area (Å²) in [5, 5.41) is 19.8. The van der Waals surface area contributed by atoms with Crippen LogP contribution in [0.25, 0.3) is 0 Å². The summed E-state index contributed by atoms with van der Waals surface area (Å²) < 4.78 is 0. The van der Waals surface area contributed by atoms with Crippen molar-refractivity contribution in [3.05, 3.63) is 0 Å². The summed E-state index contributed by atoms with van der Waals surface area (Å²) >= 11 is 0. The van der Waals surface area contributed by atoms with Crippen molar-refractivity contribution in [2.75, 3.05) is 78.5 Å². The Morgan fingerprint density at radius 2 is 0.368 bits per heavy atom. The Hall–Kier alpha value is -0.280. The third-order valence-electron chi connectivity index (χ3n) is 2.87. The van der Waals surface area contributed by atoms with Crippen LogP contribution in [0.2, 0.25) is 0 Å².